The summed E-state index contributed by atoms with van der Waals surface area (Å²) >= 11 is 0. The number of benzene rings is 1. The van der Waals surface area contributed by atoms with E-state index in [1.54, 1.807) is 20.8 Å². The molecule has 1 aromatic heterocycles. The van der Waals surface area contributed by atoms with Gasteiger partial charge in [0, 0.05) is 24.4 Å². The van der Waals surface area contributed by atoms with Gasteiger partial charge in [0.25, 0.3) is 11.8 Å². The number of hydrazine groups is 1. The van der Waals surface area contributed by atoms with Gasteiger partial charge < -0.3 is 19.9 Å². The third-order valence-corrected chi connectivity index (χ3v) is 9.87. The van der Waals surface area contributed by atoms with Gasteiger partial charge in [-0.2, -0.15) is 0 Å². The van der Waals surface area contributed by atoms with Crippen LogP contribution in [0.25, 0.3) is 17.0 Å². The van der Waals surface area contributed by atoms with Crippen LogP contribution in [0.2, 0.25) is 0 Å². The highest BCUT2D eigenvalue weighted by Gasteiger charge is 2.44. The molecule has 5 bridgehead atoms. The number of hydrogen-bond donors (Lipinski definition) is 4. The van der Waals surface area contributed by atoms with Crippen molar-refractivity contribution < 1.29 is 33.8 Å². The second-order valence-electron chi connectivity index (χ2n) is 14.1. The fraction of sp³-hybridized carbons (Fsp3) is 0.595. The Morgan fingerprint density at radius 1 is 1.10 bits per heavy atom. The molecule has 1 saturated carbocycles. The number of hydrogen-bond acceptors (Lipinski definition) is 10. The Kier molecular flexibility index (Phi) is 11.7. The molecule has 1 saturated heterocycles. The van der Waals surface area contributed by atoms with Crippen LogP contribution >= 0.6 is 0 Å². The van der Waals surface area contributed by atoms with Crippen LogP contribution in [0, 0.1) is 11.3 Å². The van der Waals surface area contributed by atoms with E-state index in [0.29, 0.717) is 57.9 Å². The second kappa shape index (κ2) is 15.8. The summed E-state index contributed by atoms with van der Waals surface area (Å²) in [4.78, 5) is 58.4. The van der Waals surface area contributed by atoms with E-state index in [0.717, 1.165) is 22.2 Å². The molecule has 0 radical (unpaired) electrons. The van der Waals surface area contributed by atoms with Gasteiger partial charge in [0.2, 0.25) is 0 Å². The molecule has 5 rings (SSSR count). The molecule has 3 heterocycles. The Hall–Kier alpha value is -3.87. The number of aromatic nitrogens is 1. The Bertz CT molecular complexity index is 1550. The number of fused-ring (bicyclic) bond motifs is 4. The van der Waals surface area contributed by atoms with Crippen molar-refractivity contribution in [2.75, 3.05) is 6.54 Å². The number of amides is 2. The summed E-state index contributed by atoms with van der Waals surface area (Å²) in [6, 6.07) is 8.14. The summed E-state index contributed by atoms with van der Waals surface area (Å²) < 4.78 is 11.7. The molecule has 5 atom stereocenters. The molecule has 1 spiro atoms. The molecule has 12 heteroatoms. The van der Waals surface area contributed by atoms with E-state index >= 15 is 0 Å². The smallest absolute Gasteiger partial charge is 0.316 e. The number of nitrogens with zero attached hydrogens (tertiary/aromatic N) is 2. The van der Waals surface area contributed by atoms with Gasteiger partial charge in [-0.15, -0.1) is 0 Å². The molecule has 1 unspecified atom stereocenters. The number of rotatable bonds is 4. The van der Waals surface area contributed by atoms with Crippen LogP contribution in [-0.4, -0.2) is 75.9 Å². The molecule has 3 aliphatic rings. The number of aliphatic hydroxyl groups is 1. The van der Waals surface area contributed by atoms with Gasteiger partial charge in [-0.25, -0.2) is 5.43 Å². The summed E-state index contributed by atoms with van der Waals surface area (Å²) in [5.74, 6) is -2.07. The molecule has 2 aromatic rings. The summed E-state index contributed by atoms with van der Waals surface area (Å²) in [6.45, 7) is 9.45. The largest absolute Gasteiger partial charge is 0.462 e. The third-order valence-electron chi connectivity index (χ3n) is 9.87. The number of nitrogens with one attached hydrogen (secondary N) is 3. The van der Waals surface area contributed by atoms with Crippen molar-refractivity contribution in [1.29, 1.82) is 0 Å². The van der Waals surface area contributed by atoms with Crippen LogP contribution in [0.15, 0.2) is 36.4 Å². The molecule has 2 aliphatic heterocycles. The van der Waals surface area contributed by atoms with Crippen molar-refractivity contribution in [3.63, 3.8) is 0 Å². The Morgan fingerprint density at radius 3 is 2.55 bits per heavy atom. The number of carbonyl (C=O) groups excluding carboxylic acids is 4. The molecule has 2 fully saturated rings. The van der Waals surface area contributed by atoms with Crippen molar-refractivity contribution >= 4 is 40.7 Å². The van der Waals surface area contributed by atoms with E-state index in [-0.39, 0.29) is 29.9 Å². The summed E-state index contributed by atoms with van der Waals surface area (Å²) in [6.07, 6.45) is 5.37. The SMILES string of the molecule is CCCC(=O)OC1CCC2(/C=C/c3ccc4ccc(nc4c3)[C@@H](C)NC(O)[C@@H]3CCCN(N3)C(=O)[C@H](C)NC(=O)[C@H](C(C)C)OC2=O)CC1. The van der Waals surface area contributed by atoms with E-state index in [1.165, 1.54) is 5.01 Å². The van der Waals surface area contributed by atoms with Gasteiger partial charge in [0.1, 0.15) is 18.4 Å². The first-order valence-corrected chi connectivity index (χ1v) is 17.7. The van der Waals surface area contributed by atoms with Crippen molar-refractivity contribution in [2.24, 2.45) is 11.3 Å². The van der Waals surface area contributed by atoms with Crippen LogP contribution in [0.5, 0.6) is 0 Å². The zero-order chi connectivity index (χ0) is 35.3. The first-order chi connectivity index (χ1) is 23.4. The van der Waals surface area contributed by atoms with E-state index in [9.17, 15) is 24.3 Å². The number of cyclic esters (lactones) is 1. The van der Waals surface area contributed by atoms with Gasteiger partial charge in [-0.05, 0) is 82.4 Å². The molecular formula is C37H51N5O7. The van der Waals surface area contributed by atoms with E-state index in [4.69, 9.17) is 14.5 Å². The Balaban J connectivity index is 1.50. The molecule has 49 heavy (non-hydrogen) atoms. The highest BCUT2D eigenvalue weighted by molar-refractivity contribution is 5.91. The van der Waals surface area contributed by atoms with Crippen LogP contribution in [0.3, 0.4) is 0 Å². The second-order valence-corrected chi connectivity index (χ2v) is 14.1. The van der Waals surface area contributed by atoms with Gasteiger partial charge >= 0.3 is 11.9 Å². The maximum absolute atomic E-state index is 14.2. The fourth-order valence-electron chi connectivity index (χ4n) is 6.84. The van der Waals surface area contributed by atoms with Gasteiger partial charge in [0.05, 0.1) is 22.7 Å². The van der Waals surface area contributed by atoms with Crippen molar-refractivity contribution in [3.05, 3.63) is 47.7 Å². The zero-order valence-electron chi connectivity index (χ0n) is 29.2. The minimum absolute atomic E-state index is 0.244. The van der Waals surface area contributed by atoms with E-state index in [1.807, 2.05) is 56.3 Å². The Labute approximate surface area is 288 Å². The molecular weight excluding hydrogens is 626 g/mol. The molecule has 12 nitrogen and oxygen atoms in total. The number of pyridine rings is 1. The number of ether oxygens (including phenoxy) is 2. The standard InChI is InChI=1S/C37H51N5O7/c1-6-8-31(43)48-27-15-18-37(19-16-27)17-14-25-10-11-26-12-13-28(40-30(26)21-25)23(4)38-33(44)29-9-7-20-42(41-29)35(46)24(5)39-34(45)32(22(2)3)49-36(37)47/h10-14,17,21-24,27,29,32-33,38,41,44H,6-9,15-16,18-20H2,1-5H3,(H,39,45)/b17-14+/t23-,24+,27?,29+,32+,33?,37?/m1/s1. The summed E-state index contributed by atoms with van der Waals surface area (Å²) in [7, 11) is 0. The lowest BCUT2D eigenvalue weighted by Gasteiger charge is -2.38. The number of esters is 2. The van der Waals surface area contributed by atoms with Gasteiger partial charge in [-0.1, -0.05) is 51.1 Å². The predicted octanol–water partition coefficient (Wildman–Crippen LogP) is 4.07. The average Bonchev–Trinajstić information content (AvgIpc) is 3.09. The normalized spacial score (nSPS) is 31.0. The summed E-state index contributed by atoms with van der Waals surface area (Å²) in [5, 5.41) is 19.5. The third kappa shape index (κ3) is 8.66. The van der Waals surface area contributed by atoms with Crippen LogP contribution in [0.4, 0.5) is 0 Å². The fourth-order valence-corrected chi connectivity index (χ4v) is 6.84. The van der Waals surface area contributed by atoms with Crippen molar-refractivity contribution in [2.45, 2.75) is 123 Å². The maximum atomic E-state index is 14.2. The minimum Gasteiger partial charge on any atom is -0.462 e. The lowest BCUT2D eigenvalue weighted by molar-refractivity contribution is -0.170. The van der Waals surface area contributed by atoms with Crippen LogP contribution in [0.1, 0.15) is 103 Å². The lowest BCUT2D eigenvalue weighted by Crippen LogP contribution is -2.62. The first-order valence-electron chi connectivity index (χ1n) is 17.7. The Morgan fingerprint density at radius 2 is 1.84 bits per heavy atom. The summed E-state index contributed by atoms with van der Waals surface area (Å²) in [5.41, 5.74) is 4.42. The maximum Gasteiger partial charge on any atom is 0.316 e. The van der Waals surface area contributed by atoms with Crippen LogP contribution < -0.4 is 16.1 Å². The molecule has 266 valence electrons. The molecule has 1 aliphatic carbocycles. The van der Waals surface area contributed by atoms with Gasteiger partial charge in [0.15, 0.2) is 6.10 Å². The van der Waals surface area contributed by atoms with Gasteiger partial charge in [-0.3, -0.25) is 34.5 Å². The highest BCUT2D eigenvalue weighted by Crippen LogP contribution is 2.41. The molecule has 1 aromatic carbocycles. The van der Waals surface area contributed by atoms with E-state index in [2.05, 4.69) is 16.1 Å². The van der Waals surface area contributed by atoms with Crippen molar-refractivity contribution in [3.8, 4) is 0 Å². The highest BCUT2D eigenvalue weighted by atomic mass is 16.6. The van der Waals surface area contributed by atoms with Crippen LogP contribution in [-0.2, 0) is 28.7 Å². The zero-order valence-corrected chi connectivity index (χ0v) is 29.2. The monoisotopic (exact) mass is 677 g/mol. The van der Waals surface area contributed by atoms with E-state index < -0.39 is 41.7 Å². The first kappa shape index (κ1) is 36.4. The van der Waals surface area contributed by atoms with Crippen molar-refractivity contribution in [1.82, 2.24) is 26.1 Å². The molecule has 2 amide bonds. The predicted molar refractivity (Wildman–Crippen MR) is 184 cm³/mol. The topological polar surface area (TPSA) is 159 Å². The molecule has 4 N–H and O–H groups in total. The number of aliphatic hydroxyl groups excluding tert-OH is 1. The number of carbonyl (C=O) groups is 4. The quantitative estimate of drug-likeness (QED) is 0.348. The lowest BCUT2D eigenvalue weighted by atomic mass is 9.72. The minimum atomic E-state index is -1.14. The average molecular weight is 678 g/mol.